The second-order valence-corrected chi connectivity index (χ2v) is 7.18. The van der Waals surface area contributed by atoms with Crippen molar-refractivity contribution >= 4 is 11.7 Å². The summed E-state index contributed by atoms with van der Waals surface area (Å²) in [6.45, 7) is 0.657. The van der Waals surface area contributed by atoms with E-state index in [-0.39, 0.29) is 5.91 Å². The normalized spacial score (nSPS) is 15.1. The van der Waals surface area contributed by atoms with Gasteiger partial charge in [-0.05, 0) is 54.7 Å². The fourth-order valence-corrected chi connectivity index (χ4v) is 3.33. The number of carbonyl (C=O) groups excluding carboxylic acids is 1. The Morgan fingerprint density at radius 1 is 1.07 bits per heavy atom. The Morgan fingerprint density at radius 2 is 1.76 bits per heavy atom. The third-order valence-corrected chi connectivity index (χ3v) is 5.21. The maximum Gasteiger partial charge on any atom is 0.416 e. The molecule has 0 unspecified atom stereocenters. The van der Waals surface area contributed by atoms with Gasteiger partial charge in [-0.15, -0.1) is 0 Å². The van der Waals surface area contributed by atoms with E-state index >= 15 is 0 Å². The number of benzene rings is 1. The monoisotopic (exact) mass is 400 g/mol. The largest absolute Gasteiger partial charge is 0.416 e. The highest BCUT2D eigenvalue weighted by Crippen LogP contribution is 2.49. The predicted molar refractivity (Wildman–Crippen MR) is 101 cm³/mol. The Bertz CT molecular complexity index is 993. The molecule has 1 fully saturated rings. The summed E-state index contributed by atoms with van der Waals surface area (Å²) in [5.41, 5.74) is 0.246. The maximum absolute atomic E-state index is 12.8. The van der Waals surface area contributed by atoms with Crippen LogP contribution in [0, 0.1) is 0 Å². The number of nitrogens with zero attached hydrogens (tertiary/aromatic N) is 3. The van der Waals surface area contributed by atoms with Crippen LogP contribution in [0.4, 0.5) is 19.0 Å². The van der Waals surface area contributed by atoms with E-state index in [0.29, 0.717) is 30.8 Å². The highest BCUT2D eigenvalue weighted by Gasteiger charge is 2.51. The zero-order valence-corrected chi connectivity index (χ0v) is 15.5. The van der Waals surface area contributed by atoms with Gasteiger partial charge in [-0.25, -0.2) is 0 Å². The van der Waals surface area contributed by atoms with Crippen molar-refractivity contribution in [2.24, 2.45) is 0 Å². The average Bonchev–Trinajstić information content (AvgIpc) is 3.41. The topological polar surface area (TPSA) is 59.8 Å². The van der Waals surface area contributed by atoms with Crippen LogP contribution >= 0.6 is 0 Å². The molecule has 3 aromatic rings. The number of alkyl halides is 3. The van der Waals surface area contributed by atoms with Crippen LogP contribution in [0.5, 0.6) is 0 Å². The van der Waals surface area contributed by atoms with Crippen molar-refractivity contribution in [2.45, 2.75) is 37.4 Å². The second-order valence-electron chi connectivity index (χ2n) is 7.18. The van der Waals surface area contributed by atoms with E-state index < -0.39 is 17.2 Å². The second kappa shape index (κ2) is 7.35. The van der Waals surface area contributed by atoms with Gasteiger partial charge >= 0.3 is 6.18 Å². The number of hydrogen-bond acceptors (Lipinski definition) is 3. The predicted octanol–water partition coefficient (Wildman–Crippen LogP) is 4.21. The van der Waals surface area contributed by atoms with Crippen molar-refractivity contribution in [1.29, 1.82) is 0 Å². The molecule has 8 heteroatoms. The van der Waals surface area contributed by atoms with Gasteiger partial charge in [0.05, 0.1) is 11.0 Å². The first-order valence-electron chi connectivity index (χ1n) is 9.28. The standard InChI is InChI=1S/C21H19F3N4O/c22-21(23,24)17-3-1-16(2-4-17)20(9-10-20)19(29)26-18-8-14-28(27-18)13-7-15-5-11-25-12-6-15/h1-6,8,11-12,14H,7,9-10,13H2,(H,26,27,29). The number of halogens is 3. The van der Waals surface area contributed by atoms with Crippen LogP contribution in [0.2, 0.25) is 0 Å². The molecule has 5 nitrogen and oxygen atoms in total. The van der Waals surface area contributed by atoms with Gasteiger partial charge in [0.25, 0.3) is 0 Å². The van der Waals surface area contributed by atoms with Crippen LogP contribution in [-0.2, 0) is 29.4 Å². The van der Waals surface area contributed by atoms with Gasteiger partial charge in [0.2, 0.25) is 5.91 Å². The molecular weight excluding hydrogens is 381 g/mol. The van der Waals surface area contributed by atoms with Crippen LogP contribution in [0.3, 0.4) is 0 Å². The first-order valence-corrected chi connectivity index (χ1v) is 9.28. The van der Waals surface area contributed by atoms with Gasteiger partial charge in [0.15, 0.2) is 5.82 Å². The van der Waals surface area contributed by atoms with Crippen molar-refractivity contribution in [2.75, 3.05) is 5.32 Å². The SMILES string of the molecule is O=C(Nc1ccn(CCc2ccncc2)n1)C1(c2ccc(C(F)(F)F)cc2)CC1. The van der Waals surface area contributed by atoms with Crippen LogP contribution < -0.4 is 5.32 Å². The Balaban J connectivity index is 1.40. The van der Waals surface area contributed by atoms with E-state index in [4.69, 9.17) is 0 Å². The van der Waals surface area contributed by atoms with Gasteiger partial charge in [-0.2, -0.15) is 18.3 Å². The quantitative estimate of drug-likeness (QED) is 0.674. The Labute approximate surface area is 165 Å². The lowest BCUT2D eigenvalue weighted by Crippen LogP contribution is -2.28. The highest BCUT2D eigenvalue weighted by atomic mass is 19.4. The molecule has 2 heterocycles. The van der Waals surface area contributed by atoms with Crippen molar-refractivity contribution in [3.63, 3.8) is 0 Å². The minimum atomic E-state index is -4.39. The molecule has 0 aliphatic heterocycles. The zero-order chi connectivity index (χ0) is 20.5. The number of pyridine rings is 1. The van der Waals surface area contributed by atoms with Gasteiger partial charge in [-0.1, -0.05) is 12.1 Å². The summed E-state index contributed by atoms with van der Waals surface area (Å²) in [6, 6.07) is 10.4. The molecule has 4 rings (SSSR count). The molecule has 1 aromatic carbocycles. The number of nitrogens with one attached hydrogen (secondary N) is 1. The maximum atomic E-state index is 12.8. The summed E-state index contributed by atoms with van der Waals surface area (Å²) in [5, 5.41) is 7.17. The Hall–Kier alpha value is -3.16. The Kier molecular flexibility index (Phi) is 4.86. The van der Waals surface area contributed by atoms with Crippen LogP contribution in [0.1, 0.15) is 29.5 Å². The van der Waals surface area contributed by atoms with E-state index in [1.54, 1.807) is 29.3 Å². The minimum absolute atomic E-state index is 0.239. The third kappa shape index (κ3) is 4.16. The third-order valence-electron chi connectivity index (χ3n) is 5.21. The smallest absolute Gasteiger partial charge is 0.308 e. The van der Waals surface area contributed by atoms with Crippen molar-refractivity contribution in [3.05, 3.63) is 77.7 Å². The van der Waals surface area contributed by atoms with E-state index in [2.05, 4.69) is 15.4 Å². The van der Waals surface area contributed by atoms with Crippen LogP contribution in [0.15, 0.2) is 61.1 Å². The minimum Gasteiger partial charge on any atom is -0.308 e. The van der Waals surface area contributed by atoms with E-state index in [0.717, 1.165) is 24.1 Å². The summed E-state index contributed by atoms with van der Waals surface area (Å²) >= 11 is 0. The van der Waals surface area contributed by atoms with Crippen LogP contribution in [-0.4, -0.2) is 20.7 Å². The number of hydrogen-bond donors (Lipinski definition) is 1. The summed E-state index contributed by atoms with van der Waals surface area (Å²) < 4.78 is 40.0. The molecule has 1 aliphatic carbocycles. The molecule has 1 aliphatic rings. The van der Waals surface area contributed by atoms with E-state index in [1.807, 2.05) is 12.1 Å². The highest BCUT2D eigenvalue weighted by molar-refractivity contribution is 6.00. The summed E-state index contributed by atoms with van der Waals surface area (Å²) in [4.78, 5) is 16.8. The molecule has 29 heavy (non-hydrogen) atoms. The number of rotatable bonds is 6. The zero-order valence-electron chi connectivity index (χ0n) is 15.5. The van der Waals surface area contributed by atoms with E-state index in [1.165, 1.54) is 12.1 Å². The molecule has 150 valence electrons. The number of aryl methyl sites for hydroxylation is 2. The molecule has 1 N–H and O–H groups in total. The van der Waals surface area contributed by atoms with Gasteiger partial charge in [-0.3, -0.25) is 14.5 Å². The van der Waals surface area contributed by atoms with E-state index in [9.17, 15) is 18.0 Å². The Morgan fingerprint density at radius 3 is 2.38 bits per heavy atom. The number of amides is 1. The fourth-order valence-electron chi connectivity index (χ4n) is 3.33. The van der Waals surface area contributed by atoms with Crippen LogP contribution in [0.25, 0.3) is 0 Å². The molecule has 2 aromatic heterocycles. The molecule has 1 amide bonds. The van der Waals surface area contributed by atoms with Crippen molar-refractivity contribution < 1.29 is 18.0 Å². The molecule has 1 saturated carbocycles. The first kappa shape index (κ1) is 19.2. The lowest BCUT2D eigenvalue weighted by molar-refractivity contribution is -0.137. The number of aromatic nitrogens is 3. The first-order chi connectivity index (χ1) is 13.9. The lowest BCUT2D eigenvalue weighted by Gasteiger charge is -2.16. The summed E-state index contributed by atoms with van der Waals surface area (Å²) in [5.74, 6) is 0.194. The molecular formula is C21H19F3N4O. The summed E-state index contributed by atoms with van der Waals surface area (Å²) in [7, 11) is 0. The van der Waals surface area contributed by atoms with Crippen molar-refractivity contribution in [3.8, 4) is 0 Å². The molecule has 0 saturated heterocycles. The van der Waals surface area contributed by atoms with Crippen molar-refractivity contribution in [1.82, 2.24) is 14.8 Å². The van der Waals surface area contributed by atoms with Gasteiger partial charge in [0.1, 0.15) is 0 Å². The number of carbonyl (C=O) groups is 1. The fraction of sp³-hybridized carbons (Fsp3) is 0.286. The van der Waals surface area contributed by atoms with Gasteiger partial charge < -0.3 is 5.32 Å². The molecule has 0 radical (unpaired) electrons. The summed E-state index contributed by atoms with van der Waals surface area (Å²) in [6.07, 6.45) is 2.86. The lowest BCUT2D eigenvalue weighted by atomic mass is 9.94. The average molecular weight is 400 g/mol. The molecule has 0 atom stereocenters. The van der Waals surface area contributed by atoms with Gasteiger partial charge in [0, 0.05) is 31.2 Å². The molecule has 0 bridgehead atoms. The molecule has 0 spiro atoms. The number of anilines is 1.